The van der Waals surface area contributed by atoms with Crippen molar-refractivity contribution in [2.45, 2.75) is 20.4 Å². The van der Waals surface area contributed by atoms with Gasteiger partial charge in [-0.05, 0) is 37.6 Å². The summed E-state index contributed by atoms with van der Waals surface area (Å²) >= 11 is 0. The highest BCUT2D eigenvalue weighted by Gasteiger charge is 2.01. The largest absolute Gasteiger partial charge is 0.494 e. The molecule has 0 saturated carbocycles. The third-order valence-electron chi connectivity index (χ3n) is 2.75. The molecule has 0 unspecified atom stereocenters. The van der Waals surface area contributed by atoms with Gasteiger partial charge in [0, 0.05) is 31.0 Å². The first-order valence-electron chi connectivity index (χ1n) is 6.14. The van der Waals surface area contributed by atoms with E-state index in [1.165, 1.54) is 11.1 Å². The van der Waals surface area contributed by atoms with Crippen LogP contribution >= 0.6 is 0 Å². The maximum atomic E-state index is 5.47. The molecule has 0 fully saturated rings. The molecule has 1 aromatic heterocycles. The highest BCUT2D eigenvalue weighted by Crippen LogP contribution is 2.21. The normalized spacial score (nSPS) is 10.4. The molecule has 4 heteroatoms. The molecule has 4 nitrogen and oxygen atoms in total. The molecule has 0 amide bonds. The van der Waals surface area contributed by atoms with Crippen LogP contribution in [0.15, 0.2) is 30.6 Å². The molecule has 0 aliphatic carbocycles. The summed E-state index contributed by atoms with van der Waals surface area (Å²) in [5.41, 5.74) is 3.48. The summed E-state index contributed by atoms with van der Waals surface area (Å²) in [5.74, 6) is 0.918. The fourth-order valence-corrected chi connectivity index (χ4v) is 1.85. The quantitative estimate of drug-likeness (QED) is 0.880. The Labute approximate surface area is 108 Å². The van der Waals surface area contributed by atoms with Gasteiger partial charge in [0.25, 0.3) is 0 Å². The molecule has 0 saturated heterocycles. The van der Waals surface area contributed by atoms with Crippen molar-refractivity contribution in [1.82, 2.24) is 9.78 Å². The van der Waals surface area contributed by atoms with Crippen LogP contribution in [0.25, 0.3) is 0 Å². The molecule has 18 heavy (non-hydrogen) atoms. The van der Waals surface area contributed by atoms with Crippen LogP contribution in [0.2, 0.25) is 0 Å². The Hall–Kier alpha value is -1.97. The van der Waals surface area contributed by atoms with Gasteiger partial charge in [-0.25, -0.2) is 0 Å². The van der Waals surface area contributed by atoms with Crippen molar-refractivity contribution in [1.29, 1.82) is 0 Å². The van der Waals surface area contributed by atoms with E-state index in [1.807, 2.05) is 37.1 Å². The Bertz CT molecular complexity index is 520. The first-order valence-corrected chi connectivity index (χ1v) is 6.14. The smallest absolute Gasteiger partial charge is 0.119 e. The van der Waals surface area contributed by atoms with Crippen molar-refractivity contribution in [3.63, 3.8) is 0 Å². The number of rotatable bonds is 5. The van der Waals surface area contributed by atoms with E-state index in [-0.39, 0.29) is 0 Å². The van der Waals surface area contributed by atoms with E-state index < -0.39 is 0 Å². The predicted octanol–water partition coefficient (Wildman–Crippen LogP) is 2.74. The lowest BCUT2D eigenvalue weighted by molar-refractivity contribution is 0.340. The number of hydrogen-bond donors (Lipinski definition) is 1. The number of hydrogen-bond acceptors (Lipinski definition) is 3. The average Bonchev–Trinajstić information content (AvgIpc) is 2.74. The summed E-state index contributed by atoms with van der Waals surface area (Å²) in [6.07, 6.45) is 3.88. The minimum Gasteiger partial charge on any atom is -0.494 e. The lowest BCUT2D eigenvalue weighted by Gasteiger charge is -2.10. The van der Waals surface area contributed by atoms with Gasteiger partial charge < -0.3 is 10.1 Å². The second-order valence-electron chi connectivity index (χ2n) is 4.29. The van der Waals surface area contributed by atoms with Crippen LogP contribution in [0.3, 0.4) is 0 Å². The van der Waals surface area contributed by atoms with Crippen LogP contribution in [0.1, 0.15) is 18.1 Å². The molecule has 0 atom stereocenters. The van der Waals surface area contributed by atoms with Crippen molar-refractivity contribution in [3.05, 3.63) is 41.7 Å². The van der Waals surface area contributed by atoms with Crippen LogP contribution in [0.4, 0.5) is 5.69 Å². The van der Waals surface area contributed by atoms with E-state index in [9.17, 15) is 0 Å². The van der Waals surface area contributed by atoms with Crippen molar-refractivity contribution >= 4 is 5.69 Å². The summed E-state index contributed by atoms with van der Waals surface area (Å²) in [6.45, 7) is 5.54. The zero-order valence-corrected chi connectivity index (χ0v) is 11.1. The van der Waals surface area contributed by atoms with Gasteiger partial charge in [0.2, 0.25) is 0 Å². The average molecular weight is 245 g/mol. The molecule has 2 rings (SSSR count). The summed E-state index contributed by atoms with van der Waals surface area (Å²) in [4.78, 5) is 0. The van der Waals surface area contributed by atoms with Crippen molar-refractivity contribution in [2.75, 3.05) is 11.9 Å². The van der Waals surface area contributed by atoms with E-state index in [2.05, 4.69) is 29.5 Å². The lowest BCUT2D eigenvalue weighted by Crippen LogP contribution is -2.01. The lowest BCUT2D eigenvalue weighted by atomic mass is 10.2. The van der Waals surface area contributed by atoms with E-state index in [4.69, 9.17) is 4.74 Å². The van der Waals surface area contributed by atoms with Gasteiger partial charge in [-0.15, -0.1) is 0 Å². The SMILES string of the molecule is CCOc1ccc(NCc2cnn(C)c2)c(C)c1. The summed E-state index contributed by atoms with van der Waals surface area (Å²) in [6, 6.07) is 6.09. The van der Waals surface area contributed by atoms with Gasteiger partial charge in [0.15, 0.2) is 0 Å². The molecule has 0 spiro atoms. The van der Waals surface area contributed by atoms with Crippen LogP contribution < -0.4 is 10.1 Å². The molecule has 96 valence electrons. The zero-order chi connectivity index (χ0) is 13.0. The third-order valence-corrected chi connectivity index (χ3v) is 2.75. The molecular formula is C14H19N3O. The van der Waals surface area contributed by atoms with Crippen LogP contribution in [0, 0.1) is 6.92 Å². The maximum Gasteiger partial charge on any atom is 0.119 e. The predicted molar refractivity (Wildman–Crippen MR) is 72.9 cm³/mol. The van der Waals surface area contributed by atoms with Crippen LogP contribution in [-0.2, 0) is 13.6 Å². The van der Waals surface area contributed by atoms with Gasteiger partial charge >= 0.3 is 0 Å². The van der Waals surface area contributed by atoms with E-state index in [1.54, 1.807) is 0 Å². The first kappa shape index (κ1) is 12.5. The standard InChI is InChI=1S/C14H19N3O/c1-4-18-13-5-6-14(11(2)7-13)15-8-12-9-16-17(3)10-12/h5-7,9-10,15H,4,8H2,1-3H3. The van der Waals surface area contributed by atoms with Gasteiger partial charge in [-0.3, -0.25) is 4.68 Å². The topological polar surface area (TPSA) is 39.1 Å². The van der Waals surface area contributed by atoms with Gasteiger partial charge in [0.1, 0.15) is 5.75 Å². The fourth-order valence-electron chi connectivity index (χ4n) is 1.85. The van der Waals surface area contributed by atoms with E-state index in [0.717, 1.165) is 18.0 Å². The monoisotopic (exact) mass is 245 g/mol. The number of aryl methyl sites for hydroxylation is 2. The van der Waals surface area contributed by atoms with Gasteiger partial charge in [0.05, 0.1) is 12.8 Å². The maximum absolute atomic E-state index is 5.47. The summed E-state index contributed by atoms with van der Waals surface area (Å²) in [7, 11) is 1.92. The molecule has 2 aromatic rings. The number of benzene rings is 1. The summed E-state index contributed by atoms with van der Waals surface area (Å²) < 4.78 is 7.27. The van der Waals surface area contributed by atoms with Gasteiger partial charge in [-0.2, -0.15) is 5.10 Å². The molecular weight excluding hydrogens is 226 g/mol. The van der Waals surface area contributed by atoms with E-state index >= 15 is 0 Å². The van der Waals surface area contributed by atoms with E-state index in [0.29, 0.717) is 6.61 Å². The number of ether oxygens (including phenoxy) is 1. The molecule has 1 N–H and O–H groups in total. The highest BCUT2D eigenvalue weighted by molar-refractivity contribution is 5.53. The molecule has 0 aliphatic rings. The Morgan fingerprint density at radius 3 is 2.83 bits per heavy atom. The Balaban J connectivity index is 2.01. The Kier molecular flexibility index (Phi) is 3.87. The minimum absolute atomic E-state index is 0.696. The first-order chi connectivity index (χ1) is 8.69. The third kappa shape index (κ3) is 3.03. The van der Waals surface area contributed by atoms with Crippen LogP contribution in [0.5, 0.6) is 5.75 Å². The summed E-state index contributed by atoms with van der Waals surface area (Å²) in [5, 5.41) is 7.55. The molecule has 0 bridgehead atoms. The Morgan fingerprint density at radius 1 is 1.39 bits per heavy atom. The highest BCUT2D eigenvalue weighted by atomic mass is 16.5. The second kappa shape index (κ2) is 5.58. The molecule has 1 aromatic carbocycles. The van der Waals surface area contributed by atoms with Gasteiger partial charge in [-0.1, -0.05) is 0 Å². The van der Waals surface area contributed by atoms with Crippen LogP contribution in [-0.4, -0.2) is 16.4 Å². The molecule has 0 aliphatic heterocycles. The fraction of sp³-hybridized carbons (Fsp3) is 0.357. The number of anilines is 1. The minimum atomic E-state index is 0.696. The van der Waals surface area contributed by atoms with Crippen molar-refractivity contribution in [3.8, 4) is 5.75 Å². The van der Waals surface area contributed by atoms with Crippen molar-refractivity contribution < 1.29 is 4.74 Å². The molecule has 1 heterocycles. The number of nitrogens with one attached hydrogen (secondary N) is 1. The Morgan fingerprint density at radius 2 is 2.22 bits per heavy atom. The number of nitrogens with zero attached hydrogens (tertiary/aromatic N) is 2. The molecule has 0 radical (unpaired) electrons. The van der Waals surface area contributed by atoms with Crippen molar-refractivity contribution in [2.24, 2.45) is 7.05 Å². The zero-order valence-electron chi connectivity index (χ0n) is 11.1. The number of aromatic nitrogens is 2. The second-order valence-corrected chi connectivity index (χ2v) is 4.29.